The molecule has 39 heavy (non-hydrogen) atoms. The zero-order valence-corrected chi connectivity index (χ0v) is 22.6. The summed E-state index contributed by atoms with van der Waals surface area (Å²) in [5.74, 6) is -2.21. The van der Waals surface area contributed by atoms with Crippen LogP contribution in [0.3, 0.4) is 0 Å². The van der Waals surface area contributed by atoms with Crippen LogP contribution in [0.2, 0.25) is 0 Å². The highest BCUT2D eigenvalue weighted by atomic mass is 35.5. The average Bonchev–Trinajstić information content (AvgIpc) is 3.14. The molecule has 0 unspecified atom stereocenters. The molecule has 0 saturated heterocycles. The first kappa shape index (κ1) is 27.6. The number of halogens is 1. The molecule has 0 spiro atoms. The van der Waals surface area contributed by atoms with E-state index in [0.717, 1.165) is 28.9 Å². The molecule has 200 valence electrons. The van der Waals surface area contributed by atoms with Gasteiger partial charge >= 0.3 is 5.97 Å². The molecule has 3 aromatic carbocycles. The van der Waals surface area contributed by atoms with Gasteiger partial charge in [0.25, 0.3) is 17.7 Å². The van der Waals surface area contributed by atoms with Crippen molar-refractivity contribution in [2.75, 3.05) is 22.1 Å². The molecule has 8 nitrogen and oxygen atoms in total. The fraction of sp³-hybridized carbons (Fsp3) is 0.200. The highest BCUT2D eigenvalue weighted by Gasteiger charge is 2.39. The number of nitrogens with one attached hydrogen (secondary N) is 2. The monoisotopic (exact) mass is 545 g/mol. The molecule has 3 aromatic rings. The summed E-state index contributed by atoms with van der Waals surface area (Å²) in [6.07, 6.45) is 1.62. The van der Waals surface area contributed by atoms with Gasteiger partial charge < -0.3 is 15.4 Å². The van der Waals surface area contributed by atoms with E-state index >= 15 is 0 Å². The maximum atomic E-state index is 13.2. The summed E-state index contributed by atoms with van der Waals surface area (Å²) in [5.41, 5.74) is 4.08. The molecule has 4 rings (SSSR count). The minimum absolute atomic E-state index is 0.107. The second-order valence-corrected chi connectivity index (χ2v) is 9.51. The Morgan fingerprint density at radius 2 is 1.59 bits per heavy atom. The highest BCUT2D eigenvalue weighted by molar-refractivity contribution is 6.53. The zero-order chi connectivity index (χ0) is 28.1. The second-order valence-electron chi connectivity index (χ2n) is 9.13. The summed E-state index contributed by atoms with van der Waals surface area (Å²) in [5, 5.41) is 5.46. The van der Waals surface area contributed by atoms with E-state index in [0.29, 0.717) is 16.9 Å². The number of rotatable bonds is 9. The second kappa shape index (κ2) is 12.0. The van der Waals surface area contributed by atoms with Crippen molar-refractivity contribution in [3.8, 4) is 0 Å². The van der Waals surface area contributed by atoms with Gasteiger partial charge in [-0.15, -0.1) is 0 Å². The number of anilines is 3. The molecule has 1 heterocycles. The van der Waals surface area contributed by atoms with Gasteiger partial charge in [-0.3, -0.25) is 14.4 Å². The number of unbranched alkanes of at least 4 members (excludes halogenated alkanes) is 1. The highest BCUT2D eigenvalue weighted by Crippen LogP contribution is 2.31. The van der Waals surface area contributed by atoms with E-state index in [4.69, 9.17) is 16.3 Å². The van der Waals surface area contributed by atoms with E-state index in [2.05, 4.69) is 10.6 Å². The first-order valence-electron chi connectivity index (χ1n) is 12.5. The van der Waals surface area contributed by atoms with Gasteiger partial charge in [0.15, 0.2) is 0 Å². The molecule has 0 aliphatic carbocycles. The van der Waals surface area contributed by atoms with Gasteiger partial charge in [0.2, 0.25) is 0 Å². The third-order valence-electron chi connectivity index (χ3n) is 6.28. The van der Waals surface area contributed by atoms with Crippen LogP contribution in [0.5, 0.6) is 0 Å². The molecule has 2 N–H and O–H groups in total. The number of nitrogens with zero attached hydrogens (tertiary/aromatic N) is 1. The Kier molecular flexibility index (Phi) is 8.46. The molecular formula is C30H28ClN3O5. The fourth-order valence-electron chi connectivity index (χ4n) is 3.88. The molecule has 0 aromatic heterocycles. The van der Waals surface area contributed by atoms with Gasteiger partial charge in [-0.2, -0.15) is 0 Å². The third kappa shape index (κ3) is 6.18. The quantitative estimate of drug-likeness (QED) is 0.196. The Morgan fingerprint density at radius 1 is 0.872 bits per heavy atom. The van der Waals surface area contributed by atoms with E-state index in [1.165, 1.54) is 12.1 Å². The standard InChI is InChI=1S/C30H28ClN3O5/c1-4-5-15-39-30(38)21-7-6-8-24(17-21)34-28(36)25(31)26(29(34)37)32-22-13-10-20(11-14-22)27(35)33-23-12-9-18(2)19(3)16-23/h6-14,16-17,32H,4-5,15H2,1-3H3,(H,33,35). The summed E-state index contributed by atoms with van der Waals surface area (Å²) < 4.78 is 5.23. The lowest BCUT2D eigenvalue weighted by atomic mass is 10.1. The smallest absolute Gasteiger partial charge is 0.338 e. The Morgan fingerprint density at radius 3 is 2.28 bits per heavy atom. The lowest BCUT2D eigenvalue weighted by Crippen LogP contribution is -2.32. The molecule has 3 amide bonds. The van der Waals surface area contributed by atoms with E-state index in [-0.39, 0.29) is 34.5 Å². The molecule has 0 saturated carbocycles. The van der Waals surface area contributed by atoms with Crippen LogP contribution in [0.1, 0.15) is 51.6 Å². The van der Waals surface area contributed by atoms with Gasteiger partial charge in [0.05, 0.1) is 17.9 Å². The minimum atomic E-state index is -0.718. The van der Waals surface area contributed by atoms with Crippen LogP contribution in [0.15, 0.2) is 77.5 Å². The van der Waals surface area contributed by atoms with Crippen molar-refractivity contribution in [2.45, 2.75) is 33.6 Å². The predicted octanol–water partition coefficient (Wildman–Crippen LogP) is 5.95. The number of esters is 1. The first-order valence-corrected chi connectivity index (χ1v) is 12.9. The Bertz CT molecular complexity index is 1480. The Hall–Kier alpha value is -4.43. The van der Waals surface area contributed by atoms with Crippen molar-refractivity contribution >= 4 is 52.4 Å². The van der Waals surface area contributed by atoms with Crippen LogP contribution in [0.4, 0.5) is 17.1 Å². The van der Waals surface area contributed by atoms with E-state index in [9.17, 15) is 19.2 Å². The molecule has 0 radical (unpaired) electrons. The summed E-state index contributed by atoms with van der Waals surface area (Å²) in [6.45, 7) is 6.24. The molecule has 1 aliphatic rings. The first-order chi connectivity index (χ1) is 18.7. The van der Waals surface area contributed by atoms with Crippen molar-refractivity contribution in [3.63, 3.8) is 0 Å². The number of benzene rings is 3. The summed E-state index contributed by atoms with van der Waals surface area (Å²) in [4.78, 5) is 52.0. The van der Waals surface area contributed by atoms with E-state index in [1.807, 2.05) is 39.0 Å². The van der Waals surface area contributed by atoms with Crippen molar-refractivity contribution < 1.29 is 23.9 Å². The Balaban J connectivity index is 1.45. The maximum Gasteiger partial charge on any atom is 0.338 e. The normalized spacial score (nSPS) is 13.1. The summed E-state index contributed by atoms with van der Waals surface area (Å²) in [6, 6.07) is 18.2. The van der Waals surface area contributed by atoms with Crippen LogP contribution < -0.4 is 15.5 Å². The number of imide groups is 1. The van der Waals surface area contributed by atoms with Gasteiger partial charge in [-0.05, 0) is 86.0 Å². The largest absolute Gasteiger partial charge is 0.462 e. The minimum Gasteiger partial charge on any atom is -0.462 e. The molecule has 0 atom stereocenters. The van der Waals surface area contributed by atoms with E-state index < -0.39 is 17.8 Å². The average molecular weight is 546 g/mol. The van der Waals surface area contributed by atoms with Crippen molar-refractivity contribution in [1.29, 1.82) is 0 Å². The molecule has 0 fully saturated rings. The van der Waals surface area contributed by atoms with Crippen LogP contribution in [-0.2, 0) is 14.3 Å². The molecule has 0 bridgehead atoms. The number of aryl methyl sites for hydroxylation is 2. The molecular weight excluding hydrogens is 518 g/mol. The van der Waals surface area contributed by atoms with Gasteiger partial charge in [0, 0.05) is 16.9 Å². The zero-order valence-electron chi connectivity index (χ0n) is 21.8. The van der Waals surface area contributed by atoms with Crippen LogP contribution >= 0.6 is 11.6 Å². The van der Waals surface area contributed by atoms with E-state index in [1.54, 1.807) is 36.4 Å². The number of hydrogen-bond acceptors (Lipinski definition) is 6. The van der Waals surface area contributed by atoms with Crippen LogP contribution in [-0.4, -0.2) is 30.3 Å². The van der Waals surface area contributed by atoms with Crippen LogP contribution in [0, 0.1) is 13.8 Å². The number of hydrogen-bond donors (Lipinski definition) is 2. The van der Waals surface area contributed by atoms with Gasteiger partial charge in [0.1, 0.15) is 10.7 Å². The SMILES string of the molecule is CCCCOC(=O)c1cccc(N2C(=O)C(Cl)=C(Nc3ccc(C(=O)Nc4ccc(C)c(C)c4)cc3)C2=O)c1. The maximum absolute atomic E-state index is 13.2. The van der Waals surface area contributed by atoms with Crippen molar-refractivity contribution in [2.24, 2.45) is 0 Å². The summed E-state index contributed by atoms with van der Waals surface area (Å²) >= 11 is 6.25. The number of ether oxygens (including phenoxy) is 1. The fourth-order valence-corrected chi connectivity index (χ4v) is 4.09. The van der Waals surface area contributed by atoms with Crippen LogP contribution in [0.25, 0.3) is 0 Å². The van der Waals surface area contributed by atoms with Gasteiger partial charge in [-0.1, -0.05) is 37.1 Å². The molecule has 1 aliphatic heterocycles. The number of carbonyl (C=O) groups is 4. The van der Waals surface area contributed by atoms with Gasteiger partial charge in [-0.25, -0.2) is 9.69 Å². The van der Waals surface area contributed by atoms with Crippen molar-refractivity contribution in [3.05, 3.63) is 99.7 Å². The Labute approximate surface area is 231 Å². The summed E-state index contributed by atoms with van der Waals surface area (Å²) in [7, 11) is 0. The van der Waals surface area contributed by atoms with Crippen molar-refractivity contribution in [1.82, 2.24) is 0 Å². The number of carbonyl (C=O) groups excluding carboxylic acids is 4. The predicted molar refractivity (Wildman–Crippen MR) is 151 cm³/mol. The lowest BCUT2D eigenvalue weighted by Gasteiger charge is -2.16. The number of amides is 3. The topological polar surface area (TPSA) is 105 Å². The molecule has 9 heteroatoms. The third-order valence-corrected chi connectivity index (χ3v) is 6.63. The lowest BCUT2D eigenvalue weighted by molar-refractivity contribution is -0.120.